The van der Waals surface area contributed by atoms with Gasteiger partial charge in [-0.05, 0) is 86.5 Å². The molecule has 1 aromatic carbocycles. The van der Waals surface area contributed by atoms with Crippen LogP contribution >= 0.6 is 0 Å². The minimum atomic E-state index is -2.18. The molecule has 3 fully saturated rings. The van der Waals surface area contributed by atoms with Crippen LogP contribution < -0.4 is 0 Å². The molecule has 0 N–H and O–H groups in total. The van der Waals surface area contributed by atoms with Crippen LogP contribution in [0.1, 0.15) is 96.3 Å². The number of ether oxygens (including phenoxy) is 1. The van der Waals surface area contributed by atoms with Crippen LogP contribution in [0.3, 0.4) is 0 Å². The van der Waals surface area contributed by atoms with Crippen LogP contribution in [0.4, 0.5) is 0 Å². The van der Waals surface area contributed by atoms with E-state index in [-0.39, 0.29) is 34.4 Å². The summed E-state index contributed by atoms with van der Waals surface area (Å²) in [6, 6.07) is 9.25. The molecule has 5 nitrogen and oxygen atoms in total. The van der Waals surface area contributed by atoms with E-state index in [0.717, 1.165) is 32.1 Å². The Hall–Kier alpha value is -1.95. The molecule has 204 valence electrons. The summed E-state index contributed by atoms with van der Waals surface area (Å²) in [5.74, 6) is 1.05. The Bertz CT molecular complexity index is 1030. The summed E-state index contributed by atoms with van der Waals surface area (Å²) in [4.78, 5) is 39.1. The molecule has 0 amide bonds. The molecule has 6 heteroatoms. The maximum Gasteiger partial charge on any atom is 0.338 e. The van der Waals surface area contributed by atoms with Crippen molar-refractivity contribution in [1.29, 1.82) is 0 Å². The molecule has 0 aliphatic heterocycles. The molecular formula is C31H46O5Si. The third-order valence-corrected chi connectivity index (χ3v) is 15.1. The highest BCUT2D eigenvalue weighted by molar-refractivity contribution is 6.75. The predicted octanol–water partition coefficient (Wildman–Crippen LogP) is 7.35. The largest absolute Gasteiger partial charge is 0.519 e. The lowest BCUT2D eigenvalue weighted by Crippen LogP contribution is -2.53. The van der Waals surface area contributed by atoms with Gasteiger partial charge in [0.1, 0.15) is 11.9 Å². The number of carbonyl (C=O) groups excluding carboxylic acids is 3. The lowest BCUT2D eigenvalue weighted by molar-refractivity contribution is -0.149. The van der Waals surface area contributed by atoms with Crippen molar-refractivity contribution in [3.63, 3.8) is 0 Å². The lowest BCUT2D eigenvalue weighted by Gasteiger charge is -2.55. The Morgan fingerprint density at radius 3 is 2.32 bits per heavy atom. The maximum absolute atomic E-state index is 13.4. The number of hydrogen-bond donors (Lipinski definition) is 0. The van der Waals surface area contributed by atoms with E-state index in [1.807, 2.05) is 30.3 Å². The summed E-state index contributed by atoms with van der Waals surface area (Å²) in [5.41, 5.74) is 0.0487. The third-order valence-electron chi connectivity index (χ3n) is 10.8. The first-order valence-corrected chi connectivity index (χ1v) is 17.1. The van der Waals surface area contributed by atoms with Crippen LogP contribution in [-0.2, 0) is 18.8 Å². The van der Waals surface area contributed by atoms with E-state index in [1.165, 1.54) is 0 Å². The van der Waals surface area contributed by atoms with Crippen LogP contribution in [-0.4, -0.2) is 32.1 Å². The molecule has 0 aromatic heterocycles. The fraction of sp³-hybridized carbons (Fsp3) is 0.710. The fourth-order valence-electron chi connectivity index (χ4n) is 7.36. The average Bonchev–Trinajstić information content (AvgIpc) is 3.16. The third kappa shape index (κ3) is 5.19. The first kappa shape index (κ1) is 28.1. The van der Waals surface area contributed by atoms with E-state index < -0.39 is 13.7 Å². The highest BCUT2D eigenvalue weighted by Gasteiger charge is 2.60. The molecule has 0 saturated heterocycles. The topological polar surface area (TPSA) is 69.7 Å². The van der Waals surface area contributed by atoms with Gasteiger partial charge in [0.25, 0.3) is 14.3 Å². The summed E-state index contributed by atoms with van der Waals surface area (Å²) in [6.45, 7) is 15.0. The van der Waals surface area contributed by atoms with Crippen LogP contribution in [0, 0.1) is 28.6 Å². The molecule has 6 unspecified atom stereocenters. The zero-order valence-electron chi connectivity index (χ0n) is 23.9. The summed E-state index contributed by atoms with van der Waals surface area (Å²) < 4.78 is 12.1. The van der Waals surface area contributed by atoms with Gasteiger partial charge < -0.3 is 9.16 Å². The molecular weight excluding hydrogens is 480 g/mol. The number of carbonyl (C=O) groups is 3. The van der Waals surface area contributed by atoms with Crippen molar-refractivity contribution in [2.24, 2.45) is 28.6 Å². The Kier molecular flexibility index (Phi) is 7.57. The van der Waals surface area contributed by atoms with E-state index >= 15 is 0 Å². The van der Waals surface area contributed by atoms with E-state index in [9.17, 15) is 14.4 Å². The van der Waals surface area contributed by atoms with Crippen molar-refractivity contribution < 1.29 is 23.5 Å². The molecule has 0 radical (unpaired) electrons. The minimum absolute atomic E-state index is 0.0326. The van der Waals surface area contributed by atoms with Crippen molar-refractivity contribution in [2.75, 3.05) is 0 Å². The smallest absolute Gasteiger partial charge is 0.338 e. The Labute approximate surface area is 224 Å². The van der Waals surface area contributed by atoms with Gasteiger partial charge in [0.05, 0.1) is 5.56 Å². The first-order valence-electron chi connectivity index (χ1n) is 14.2. The molecule has 1 aromatic rings. The van der Waals surface area contributed by atoms with Crippen LogP contribution in [0.5, 0.6) is 0 Å². The van der Waals surface area contributed by atoms with Gasteiger partial charge in [-0.2, -0.15) is 0 Å². The number of esters is 1. The van der Waals surface area contributed by atoms with E-state index in [1.54, 1.807) is 0 Å². The zero-order chi connectivity index (χ0) is 27.2. The standard InChI is InChI=1S/C31H46O5Si/c1-29(2,3)37(6,7)36-27(33)18-20-30(4)24-17-19-31(5)23(22(24)13-15-25(30)32)14-16-26(31)35-28(34)21-11-9-8-10-12-21/h8-12,22-24,26H,13-20H2,1-7H3. The molecule has 4 rings (SSSR count). The summed E-state index contributed by atoms with van der Waals surface area (Å²) in [6.07, 6.45) is 6.07. The number of hydrogen-bond acceptors (Lipinski definition) is 5. The van der Waals surface area contributed by atoms with Crippen molar-refractivity contribution >= 4 is 26.0 Å². The Balaban J connectivity index is 1.45. The SMILES string of the molecule is CC1(CCC(=O)O[Si](C)(C)C(C)(C)C)C(=O)CCC2C1CCC1(C)C(OC(=O)c3ccccc3)CCC21. The molecule has 0 bridgehead atoms. The zero-order valence-corrected chi connectivity index (χ0v) is 24.9. The predicted molar refractivity (Wildman–Crippen MR) is 148 cm³/mol. The number of Topliss-reactive ketones (excluding diaryl/α,β-unsaturated/α-hetero) is 1. The highest BCUT2D eigenvalue weighted by Crippen LogP contribution is 2.63. The highest BCUT2D eigenvalue weighted by atomic mass is 28.4. The van der Waals surface area contributed by atoms with Crippen molar-refractivity contribution in [3.8, 4) is 0 Å². The summed E-state index contributed by atoms with van der Waals surface area (Å²) in [5, 5.41) is -0.0326. The molecule has 3 aliphatic carbocycles. The average molecular weight is 527 g/mol. The van der Waals surface area contributed by atoms with Gasteiger partial charge >= 0.3 is 5.97 Å². The molecule has 0 spiro atoms. The second-order valence-corrected chi connectivity index (χ2v) is 18.6. The summed E-state index contributed by atoms with van der Waals surface area (Å²) in [7, 11) is -2.18. The summed E-state index contributed by atoms with van der Waals surface area (Å²) >= 11 is 0. The minimum Gasteiger partial charge on any atom is -0.519 e. The van der Waals surface area contributed by atoms with Gasteiger partial charge in [-0.15, -0.1) is 0 Å². The lowest BCUT2D eigenvalue weighted by atomic mass is 9.49. The van der Waals surface area contributed by atoms with Gasteiger partial charge in [0, 0.05) is 23.7 Å². The van der Waals surface area contributed by atoms with Crippen LogP contribution in [0.2, 0.25) is 18.1 Å². The maximum atomic E-state index is 13.4. The normalized spacial score (nSPS) is 33.9. The van der Waals surface area contributed by atoms with Gasteiger partial charge in [-0.3, -0.25) is 9.59 Å². The second kappa shape index (κ2) is 9.98. The van der Waals surface area contributed by atoms with Crippen molar-refractivity contribution in [2.45, 2.75) is 110 Å². The van der Waals surface area contributed by atoms with Crippen LogP contribution in [0.25, 0.3) is 0 Å². The van der Waals surface area contributed by atoms with Gasteiger partial charge in [0.15, 0.2) is 0 Å². The van der Waals surface area contributed by atoms with Crippen LogP contribution in [0.15, 0.2) is 30.3 Å². The molecule has 3 aliphatic rings. The van der Waals surface area contributed by atoms with E-state index in [0.29, 0.717) is 42.4 Å². The first-order chi connectivity index (χ1) is 17.2. The fourth-order valence-corrected chi connectivity index (χ4v) is 8.34. The molecule has 37 heavy (non-hydrogen) atoms. The number of benzene rings is 1. The van der Waals surface area contributed by atoms with Gasteiger partial charge in [0.2, 0.25) is 0 Å². The number of rotatable bonds is 6. The molecule has 6 atom stereocenters. The van der Waals surface area contributed by atoms with E-state index in [4.69, 9.17) is 9.16 Å². The van der Waals surface area contributed by atoms with Crippen molar-refractivity contribution in [3.05, 3.63) is 35.9 Å². The second-order valence-electron chi connectivity index (χ2n) is 13.9. The quantitative estimate of drug-likeness (QED) is 0.286. The Morgan fingerprint density at radius 2 is 1.68 bits per heavy atom. The number of ketones is 1. The van der Waals surface area contributed by atoms with Gasteiger partial charge in [-0.25, -0.2) is 4.79 Å². The molecule has 3 saturated carbocycles. The Morgan fingerprint density at radius 1 is 1.00 bits per heavy atom. The van der Waals surface area contributed by atoms with E-state index in [2.05, 4.69) is 47.7 Å². The molecule has 0 heterocycles. The number of fused-ring (bicyclic) bond motifs is 3. The van der Waals surface area contributed by atoms with Gasteiger partial charge in [-0.1, -0.05) is 52.8 Å². The van der Waals surface area contributed by atoms with Crippen molar-refractivity contribution in [1.82, 2.24) is 0 Å². The monoisotopic (exact) mass is 526 g/mol.